The second kappa shape index (κ2) is 5.19. The van der Waals surface area contributed by atoms with E-state index < -0.39 is 10.0 Å². The SMILES string of the molecule is CC1CNC(N2CCN(S(C)(=O)=O)CC2)NC1. The van der Waals surface area contributed by atoms with Gasteiger partial charge in [-0.3, -0.25) is 15.5 Å². The van der Waals surface area contributed by atoms with Gasteiger partial charge in [-0.05, 0) is 5.92 Å². The van der Waals surface area contributed by atoms with Gasteiger partial charge in [0, 0.05) is 39.3 Å². The topological polar surface area (TPSA) is 64.7 Å². The van der Waals surface area contributed by atoms with Crippen molar-refractivity contribution in [3.05, 3.63) is 0 Å². The maximum atomic E-state index is 11.4. The van der Waals surface area contributed by atoms with Gasteiger partial charge in [-0.15, -0.1) is 0 Å². The minimum atomic E-state index is -3.02. The summed E-state index contributed by atoms with van der Waals surface area (Å²) in [5, 5.41) is 6.88. The van der Waals surface area contributed by atoms with Crippen molar-refractivity contribution in [2.24, 2.45) is 5.92 Å². The first-order chi connectivity index (χ1) is 7.97. The van der Waals surface area contributed by atoms with Crippen LogP contribution in [0.4, 0.5) is 0 Å². The van der Waals surface area contributed by atoms with Crippen LogP contribution in [0.15, 0.2) is 0 Å². The molecule has 0 bridgehead atoms. The Kier molecular flexibility index (Phi) is 4.04. The third-order valence-electron chi connectivity index (χ3n) is 3.43. The summed E-state index contributed by atoms with van der Waals surface area (Å²) in [5.74, 6) is 0.656. The summed E-state index contributed by atoms with van der Waals surface area (Å²) in [4.78, 5) is 2.27. The number of hydrogen-bond acceptors (Lipinski definition) is 5. The van der Waals surface area contributed by atoms with E-state index in [-0.39, 0.29) is 6.29 Å². The highest BCUT2D eigenvalue weighted by atomic mass is 32.2. The first-order valence-electron chi connectivity index (χ1n) is 6.13. The molecule has 100 valence electrons. The summed E-state index contributed by atoms with van der Waals surface area (Å²) in [6, 6.07) is 0. The number of sulfonamides is 1. The molecular formula is C10H22N4O2S. The fraction of sp³-hybridized carbons (Fsp3) is 1.00. The zero-order chi connectivity index (χ0) is 12.5. The molecule has 0 spiro atoms. The van der Waals surface area contributed by atoms with Crippen LogP contribution in [0.2, 0.25) is 0 Å². The van der Waals surface area contributed by atoms with Crippen LogP contribution < -0.4 is 10.6 Å². The monoisotopic (exact) mass is 262 g/mol. The van der Waals surface area contributed by atoms with Crippen molar-refractivity contribution in [3.63, 3.8) is 0 Å². The lowest BCUT2D eigenvalue weighted by Crippen LogP contribution is -2.64. The molecule has 0 unspecified atom stereocenters. The van der Waals surface area contributed by atoms with Gasteiger partial charge in [0.05, 0.1) is 6.26 Å². The fourth-order valence-corrected chi connectivity index (χ4v) is 3.15. The number of nitrogens with zero attached hydrogens (tertiary/aromatic N) is 2. The Labute approximate surface area is 103 Å². The van der Waals surface area contributed by atoms with Gasteiger partial charge < -0.3 is 0 Å². The van der Waals surface area contributed by atoms with Gasteiger partial charge in [-0.2, -0.15) is 4.31 Å². The summed E-state index contributed by atoms with van der Waals surface area (Å²) < 4.78 is 24.3. The molecule has 2 saturated heterocycles. The molecular weight excluding hydrogens is 240 g/mol. The van der Waals surface area contributed by atoms with Gasteiger partial charge in [0.2, 0.25) is 10.0 Å². The van der Waals surface area contributed by atoms with Crippen molar-refractivity contribution in [2.45, 2.75) is 13.2 Å². The molecule has 2 fully saturated rings. The van der Waals surface area contributed by atoms with Crippen LogP contribution >= 0.6 is 0 Å². The molecule has 0 radical (unpaired) electrons. The van der Waals surface area contributed by atoms with Crippen molar-refractivity contribution in [1.82, 2.24) is 19.8 Å². The average Bonchev–Trinajstić information content (AvgIpc) is 2.29. The van der Waals surface area contributed by atoms with E-state index in [4.69, 9.17) is 0 Å². The number of hydrogen-bond donors (Lipinski definition) is 2. The maximum Gasteiger partial charge on any atom is 0.211 e. The van der Waals surface area contributed by atoms with Crippen molar-refractivity contribution in [2.75, 3.05) is 45.5 Å². The molecule has 0 amide bonds. The van der Waals surface area contributed by atoms with E-state index in [0.29, 0.717) is 19.0 Å². The number of piperazine rings is 1. The van der Waals surface area contributed by atoms with Crippen LogP contribution in [0.1, 0.15) is 6.92 Å². The van der Waals surface area contributed by atoms with Gasteiger partial charge in [0.25, 0.3) is 0 Å². The van der Waals surface area contributed by atoms with Crippen molar-refractivity contribution >= 4 is 10.0 Å². The second-order valence-electron chi connectivity index (χ2n) is 5.02. The second-order valence-corrected chi connectivity index (χ2v) is 7.00. The minimum Gasteiger partial charge on any atom is -0.289 e. The molecule has 0 aromatic carbocycles. The average molecular weight is 262 g/mol. The maximum absolute atomic E-state index is 11.4. The van der Waals surface area contributed by atoms with Gasteiger partial charge in [-0.1, -0.05) is 6.92 Å². The molecule has 17 heavy (non-hydrogen) atoms. The molecule has 2 aliphatic rings. The molecule has 7 heteroatoms. The van der Waals surface area contributed by atoms with Gasteiger partial charge in [0.1, 0.15) is 6.29 Å². The van der Waals surface area contributed by atoms with E-state index in [1.807, 2.05) is 0 Å². The highest BCUT2D eigenvalue weighted by Gasteiger charge is 2.28. The molecule has 2 N–H and O–H groups in total. The molecule has 2 heterocycles. The van der Waals surface area contributed by atoms with Gasteiger partial charge in [0.15, 0.2) is 0 Å². The Hall–Kier alpha value is -0.210. The van der Waals surface area contributed by atoms with Crippen LogP contribution in [0.5, 0.6) is 0 Å². The van der Waals surface area contributed by atoms with E-state index in [1.165, 1.54) is 6.26 Å². The summed E-state index contributed by atoms with van der Waals surface area (Å²) in [5.41, 5.74) is 0. The zero-order valence-electron chi connectivity index (χ0n) is 10.5. The summed E-state index contributed by atoms with van der Waals surface area (Å²) in [6.07, 6.45) is 1.48. The fourth-order valence-electron chi connectivity index (χ4n) is 2.32. The summed E-state index contributed by atoms with van der Waals surface area (Å²) >= 11 is 0. The lowest BCUT2D eigenvalue weighted by molar-refractivity contribution is 0.0730. The quantitative estimate of drug-likeness (QED) is 0.646. The molecule has 0 atom stereocenters. The molecule has 0 saturated carbocycles. The normalized spacial score (nSPS) is 33.8. The third-order valence-corrected chi connectivity index (χ3v) is 4.73. The van der Waals surface area contributed by atoms with E-state index in [1.54, 1.807) is 4.31 Å². The summed E-state index contributed by atoms with van der Waals surface area (Å²) in [6.45, 7) is 6.99. The van der Waals surface area contributed by atoms with E-state index in [9.17, 15) is 8.42 Å². The highest BCUT2D eigenvalue weighted by Crippen LogP contribution is 2.09. The Bertz CT molecular complexity index is 343. The van der Waals surface area contributed by atoms with Crippen molar-refractivity contribution < 1.29 is 8.42 Å². The van der Waals surface area contributed by atoms with Crippen LogP contribution in [-0.4, -0.2) is 69.4 Å². The Balaban J connectivity index is 1.83. The van der Waals surface area contributed by atoms with Crippen molar-refractivity contribution in [3.8, 4) is 0 Å². The van der Waals surface area contributed by atoms with E-state index in [0.717, 1.165) is 26.2 Å². The largest absolute Gasteiger partial charge is 0.289 e. The highest BCUT2D eigenvalue weighted by molar-refractivity contribution is 7.88. The van der Waals surface area contributed by atoms with Crippen molar-refractivity contribution in [1.29, 1.82) is 0 Å². The Morgan fingerprint density at radius 2 is 1.59 bits per heavy atom. The van der Waals surface area contributed by atoms with Crippen LogP contribution in [0, 0.1) is 5.92 Å². The van der Waals surface area contributed by atoms with Crippen LogP contribution in [-0.2, 0) is 10.0 Å². The smallest absolute Gasteiger partial charge is 0.211 e. The predicted molar refractivity (Wildman–Crippen MR) is 66.9 cm³/mol. The summed E-state index contributed by atoms with van der Waals surface area (Å²) in [7, 11) is -3.02. The third kappa shape index (κ3) is 3.38. The molecule has 2 rings (SSSR count). The molecule has 0 aromatic heterocycles. The van der Waals surface area contributed by atoms with Crippen LogP contribution in [0.25, 0.3) is 0 Å². The number of rotatable bonds is 2. The Morgan fingerprint density at radius 3 is 2.06 bits per heavy atom. The molecule has 6 nitrogen and oxygen atoms in total. The zero-order valence-corrected chi connectivity index (χ0v) is 11.3. The number of nitrogens with one attached hydrogen (secondary N) is 2. The van der Waals surface area contributed by atoms with E-state index in [2.05, 4.69) is 22.5 Å². The first kappa shape index (κ1) is 13.2. The van der Waals surface area contributed by atoms with Gasteiger partial charge >= 0.3 is 0 Å². The molecule has 0 aliphatic carbocycles. The van der Waals surface area contributed by atoms with E-state index >= 15 is 0 Å². The minimum absolute atomic E-state index is 0.202. The van der Waals surface area contributed by atoms with Crippen LogP contribution in [0.3, 0.4) is 0 Å². The Morgan fingerprint density at radius 1 is 1.06 bits per heavy atom. The lowest BCUT2D eigenvalue weighted by atomic mass is 10.1. The predicted octanol–water partition coefficient (Wildman–Crippen LogP) is -1.32. The molecule has 2 aliphatic heterocycles. The standard InChI is InChI=1S/C10H22N4O2S/c1-9-7-11-10(12-8-9)13-3-5-14(6-4-13)17(2,15)16/h9-12H,3-8H2,1-2H3. The molecule has 0 aromatic rings. The first-order valence-corrected chi connectivity index (χ1v) is 7.97. The van der Waals surface area contributed by atoms with Gasteiger partial charge in [-0.25, -0.2) is 8.42 Å². The lowest BCUT2D eigenvalue weighted by Gasteiger charge is -2.41.